The number of carbonyl (C=O) groups is 2. The molecule has 110 valence electrons. The van der Waals surface area contributed by atoms with Gasteiger partial charge < -0.3 is 4.90 Å². The maximum atomic E-state index is 12.1. The molecule has 0 radical (unpaired) electrons. The van der Waals surface area contributed by atoms with Gasteiger partial charge in [0, 0.05) is 43.1 Å². The van der Waals surface area contributed by atoms with E-state index in [1.165, 1.54) is 0 Å². The molecule has 1 aliphatic rings. The van der Waals surface area contributed by atoms with Crippen molar-refractivity contribution in [1.82, 2.24) is 9.80 Å². The molecule has 1 aromatic carbocycles. The van der Waals surface area contributed by atoms with Crippen LogP contribution >= 0.6 is 28.3 Å². The Morgan fingerprint density at radius 3 is 2.15 bits per heavy atom. The van der Waals surface area contributed by atoms with Gasteiger partial charge in [-0.2, -0.15) is 0 Å². The molecular formula is C14H18BrClN2O2. The van der Waals surface area contributed by atoms with E-state index >= 15 is 0 Å². The van der Waals surface area contributed by atoms with Gasteiger partial charge in [0.1, 0.15) is 0 Å². The van der Waals surface area contributed by atoms with Crippen molar-refractivity contribution in [2.75, 3.05) is 32.7 Å². The smallest absolute Gasteiger partial charge is 0.219 e. The number of amides is 1. The first-order valence-corrected chi connectivity index (χ1v) is 7.12. The summed E-state index contributed by atoms with van der Waals surface area (Å²) >= 11 is 3.35. The standard InChI is InChI=1S/C14H17BrN2O2.ClH/c1-11(18)17-8-6-16(7-9-17)10-14(19)12-2-4-13(15)5-3-12;/h2-5H,6-10H2,1H3;1H. The molecule has 0 unspecified atom stereocenters. The van der Waals surface area contributed by atoms with Gasteiger partial charge in [-0.3, -0.25) is 14.5 Å². The predicted molar refractivity (Wildman–Crippen MR) is 84.4 cm³/mol. The third kappa shape index (κ3) is 4.58. The van der Waals surface area contributed by atoms with E-state index in [2.05, 4.69) is 20.8 Å². The molecule has 1 aromatic rings. The SMILES string of the molecule is CC(=O)N1CCN(CC(=O)c2ccc(Br)cc2)CC1.Cl. The molecule has 1 aliphatic heterocycles. The maximum absolute atomic E-state index is 12.1. The van der Waals surface area contributed by atoms with Crippen molar-refractivity contribution in [2.24, 2.45) is 0 Å². The van der Waals surface area contributed by atoms with Crippen LogP contribution in [-0.2, 0) is 4.79 Å². The molecule has 1 saturated heterocycles. The highest BCUT2D eigenvalue weighted by Crippen LogP contribution is 2.12. The minimum atomic E-state index is 0. The lowest BCUT2D eigenvalue weighted by Crippen LogP contribution is -2.49. The number of ketones is 1. The van der Waals surface area contributed by atoms with Crippen molar-refractivity contribution >= 4 is 40.0 Å². The summed E-state index contributed by atoms with van der Waals surface area (Å²) < 4.78 is 0.971. The van der Waals surface area contributed by atoms with Crippen LogP contribution in [0.2, 0.25) is 0 Å². The zero-order valence-electron chi connectivity index (χ0n) is 11.3. The fraction of sp³-hybridized carbons (Fsp3) is 0.429. The van der Waals surface area contributed by atoms with Gasteiger partial charge in [0.15, 0.2) is 5.78 Å². The van der Waals surface area contributed by atoms with E-state index in [-0.39, 0.29) is 24.1 Å². The Balaban J connectivity index is 0.00000200. The number of hydrogen-bond donors (Lipinski definition) is 0. The Morgan fingerprint density at radius 2 is 1.65 bits per heavy atom. The van der Waals surface area contributed by atoms with Gasteiger partial charge in [-0.15, -0.1) is 12.4 Å². The van der Waals surface area contributed by atoms with Crippen LogP contribution < -0.4 is 0 Å². The number of piperazine rings is 1. The van der Waals surface area contributed by atoms with Crippen molar-refractivity contribution in [2.45, 2.75) is 6.92 Å². The lowest BCUT2D eigenvalue weighted by Gasteiger charge is -2.33. The summed E-state index contributed by atoms with van der Waals surface area (Å²) in [6.45, 7) is 4.96. The Hall–Kier alpha value is -0.910. The van der Waals surface area contributed by atoms with Gasteiger partial charge in [0.2, 0.25) is 5.91 Å². The lowest BCUT2D eigenvalue weighted by atomic mass is 10.1. The molecule has 20 heavy (non-hydrogen) atoms. The molecule has 4 nitrogen and oxygen atoms in total. The van der Waals surface area contributed by atoms with Gasteiger partial charge in [-0.05, 0) is 12.1 Å². The molecule has 1 heterocycles. The minimum Gasteiger partial charge on any atom is -0.340 e. The van der Waals surface area contributed by atoms with Crippen molar-refractivity contribution in [1.29, 1.82) is 0 Å². The summed E-state index contributed by atoms with van der Waals surface area (Å²) in [7, 11) is 0. The first kappa shape index (κ1) is 17.1. The Bertz CT molecular complexity index is 471. The minimum absolute atomic E-state index is 0. The normalized spacial score (nSPS) is 15.6. The highest BCUT2D eigenvalue weighted by molar-refractivity contribution is 9.10. The molecule has 0 bridgehead atoms. The fourth-order valence-corrected chi connectivity index (χ4v) is 2.42. The molecule has 6 heteroatoms. The second kappa shape index (κ2) is 7.76. The predicted octanol–water partition coefficient (Wildman–Crippen LogP) is 2.22. The second-order valence-electron chi connectivity index (χ2n) is 4.71. The van der Waals surface area contributed by atoms with Crippen molar-refractivity contribution in [3.05, 3.63) is 34.3 Å². The molecule has 0 saturated carbocycles. The number of halogens is 2. The summed E-state index contributed by atoms with van der Waals surface area (Å²) in [6, 6.07) is 7.41. The molecule has 1 fully saturated rings. The highest BCUT2D eigenvalue weighted by atomic mass is 79.9. The summed E-state index contributed by atoms with van der Waals surface area (Å²) in [6.07, 6.45) is 0. The van der Waals surface area contributed by atoms with E-state index in [1.54, 1.807) is 6.92 Å². The molecule has 0 atom stereocenters. The number of nitrogens with zero attached hydrogens (tertiary/aromatic N) is 2. The van der Waals surface area contributed by atoms with Crippen LogP contribution in [0.15, 0.2) is 28.7 Å². The first-order chi connectivity index (χ1) is 9.06. The largest absolute Gasteiger partial charge is 0.340 e. The quantitative estimate of drug-likeness (QED) is 0.775. The molecule has 2 rings (SSSR count). The summed E-state index contributed by atoms with van der Waals surface area (Å²) in [5.74, 6) is 0.239. The van der Waals surface area contributed by atoms with Crippen LogP contribution in [0, 0.1) is 0 Å². The topological polar surface area (TPSA) is 40.6 Å². The Kier molecular flexibility index (Phi) is 6.65. The summed E-state index contributed by atoms with van der Waals surface area (Å²) in [5, 5.41) is 0. The van der Waals surface area contributed by atoms with Crippen molar-refractivity contribution in [3.63, 3.8) is 0 Å². The maximum Gasteiger partial charge on any atom is 0.219 e. The van der Waals surface area contributed by atoms with Crippen molar-refractivity contribution < 1.29 is 9.59 Å². The molecule has 0 aromatic heterocycles. The van der Waals surface area contributed by atoms with Gasteiger partial charge >= 0.3 is 0 Å². The number of hydrogen-bond acceptors (Lipinski definition) is 3. The van der Waals surface area contributed by atoms with Crippen LogP contribution in [0.1, 0.15) is 17.3 Å². The van der Waals surface area contributed by atoms with E-state index in [0.29, 0.717) is 19.6 Å². The summed E-state index contributed by atoms with van der Waals surface area (Å²) in [5.41, 5.74) is 0.734. The third-order valence-electron chi connectivity index (χ3n) is 3.35. The monoisotopic (exact) mass is 360 g/mol. The van der Waals surface area contributed by atoms with Gasteiger partial charge in [-0.25, -0.2) is 0 Å². The van der Waals surface area contributed by atoms with Crippen LogP contribution in [0.3, 0.4) is 0 Å². The van der Waals surface area contributed by atoms with Crippen LogP contribution in [0.25, 0.3) is 0 Å². The van der Waals surface area contributed by atoms with E-state index in [9.17, 15) is 9.59 Å². The lowest BCUT2D eigenvalue weighted by molar-refractivity contribution is -0.130. The molecule has 0 N–H and O–H groups in total. The van der Waals surface area contributed by atoms with Crippen LogP contribution in [-0.4, -0.2) is 54.2 Å². The molecule has 0 aliphatic carbocycles. The zero-order chi connectivity index (χ0) is 13.8. The van der Waals surface area contributed by atoms with E-state index in [1.807, 2.05) is 29.2 Å². The Morgan fingerprint density at radius 1 is 1.10 bits per heavy atom. The summed E-state index contributed by atoms with van der Waals surface area (Å²) in [4.78, 5) is 27.2. The number of benzene rings is 1. The van der Waals surface area contributed by atoms with E-state index in [0.717, 1.165) is 23.1 Å². The Labute approximate surface area is 133 Å². The van der Waals surface area contributed by atoms with Gasteiger partial charge in [-0.1, -0.05) is 28.1 Å². The number of rotatable bonds is 3. The molecular weight excluding hydrogens is 344 g/mol. The van der Waals surface area contributed by atoms with Gasteiger partial charge in [0.05, 0.1) is 6.54 Å². The number of Topliss-reactive ketones (excluding diaryl/α,β-unsaturated/α-hetero) is 1. The first-order valence-electron chi connectivity index (χ1n) is 6.33. The highest BCUT2D eigenvalue weighted by Gasteiger charge is 2.20. The molecule has 1 amide bonds. The van der Waals surface area contributed by atoms with Gasteiger partial charge in [0.25, 0.3) is 0 Å². The fourth-order valence-electron chi connectivity index (χ4n) is 2.15. The second-order valence-corrected chi connectivity index (χ2v) is 5.63. The molecule has 0 spiro atoms. The van der Waals surface area contributed by atoms with Crippen LogP contribution in [0.5, 0.6) is 0 Å². The van der Waals surface area contributed by atoms with Crippen molar-refractivity contribution in [3.8, 4) is 0 Å². The average molecular weight is 362 g/mol. The van der Waals surface area contributed by atoms with E-state index in [4.69, 9.17) is 0 Å². The number of carbonyl (C=O) groups excluding carboxylic acids is 2. The zero-order valence-corrected chi connectivity index (χ0v) is 13.7. The third-order valence-corrected chi connectivity index (χ3v) is 3.88. The van der Waals surface area contributed by atoms with E-state index < -0.39 is 0 Å². The average Bonchev–Trinajstić information content (AvgIpc) is 2.40. The van der Waals surface area contributed by atoms with Crippen LogP contribution in [0.4, 0.5) is 0 Å².